The van der Waals surface area contributed by atoms with Gasteiger partial charge in [0.1, 0.15) is 54.9 Å². The summed E-state index contributed by atoms with van der Waals surface area (Å²) in [5, 5.41) is 72.6. The zero-order valence-corrected chi connectivity index (χ0v) is 14.8. The van der Waals surface area contributed by atoms with Gasteiger partial charge in [-0.1, -0.05) is 0 Å². The molecule has 0 aliphatic carbocycles. The van der Waals surface area contributed by atoms with E-state index in [1.165, 1.54) is 7.11 Å². The van der Waals surface area contributed by atoms with Crippen molar-refractivity contribution in [1.82, 2.24) is 5.32 Å². The summed E-state index contributed by atoms with van der Waals surface area (Å²) in [6.07, 6.45) is -15.5. The summed E-state index contributed by atoms with van der Waals surface area (Å²) in [6, 6.07) is -1.31. The molecule has 2 heterocycles. The molecule has 158 valence electrons. The standard InChI is InChI=1S/C15H27NO11/c1-4(18)16-6-8(20)7(19)5(3-17)26-13(6)12(24)14-10(22)9(21)11(23)15(25-2)27-14/h5-15,17,19-24H,3H2,1-2H3,(H,16,18)/t5-,6+,7-,8-,9+,10-,11-,12?,13-,14+,15+/m1/s1. The van der Waals surface area contributed by atoms with E-state index in [-0.39, 0.29) is 0 Å². The molecule has 0 bridgehead atoms. The highest BCUT2D eigenvalue weighted by Crippen LogP contribution is 2.30. The quantitative estimate of drug-likeness (QED) is 0.220. The largest absolute Gasteiger partial charge is 0.394 e. The third kappa shape index (κ3) is 4.40. The van der Waals surface area contributed by atoms with Gasteiger partial charge in [-0.3, -0.25) is 4.79 Å². The minimum atomic E-state index is -1.75. The lowest BCUT2D eigenvalue weighted by molar-refractivity contribution is -0.318. The van der Waals surface area contributed by atoms with Gasteiger partial charge in [0, 0.05) is 14.0 Å². The number of carbonyl (C=O) groups excluding carboxylic acids is 1. The minimum absolute atomic E-state index is 0.593. The summed E-state index contributed by atoms with van der Waals surface area (Å²) in [5.74, 6) is -0.593. The van der Waals surface area contributed by atoms with Crippen molar-refractivity contribution in [3.63, 3.8) is 0 Å². The van der Waals surface area contributed by atoms with Crippen molar-refractivity contribution in [2.45, 2.75) is 74.2 Å². The van der Waals surface area contributed by atoms with Crippen molar-refractivity contribution in [1.29, 1.82) is 0 Å². The van der Waals surface area contributed by atoms with Crippen LogP contribution in [0.15, 0.2) is 0 Å². The molecule has 12 heteroatoms. The Balaban J connectivity index is 2.28. The molecule has 1 unspecified atom stereocenters. The van der Waals surface area contributed by atoms with E-state index in [1.807, 2.05) is 0 Å². The molecule has 1 amide bonds. The van der Waals surface area contributed by atoms with Crippen LogP contribution in [0.3, 0.4) is 0 Å². The second-order valence-electron chi connectivity index (χ2n) is 6.70. The van der Waals surface area contributed by atoms with E-state index in [0.717, 1.165) is 6.92 Å². The molecule has 0 aromatic carbocycles. The van der Waals surface area contributed by atoms with Crippen LogP contribution in [0.5, 0.6) is 0 Å². The van der Waals surface area contributed by atoms with E-state index in [4.69, 9.17) is 14.2 Å². The van der Waals surface area contributed by atoms with Gasteiger partial charge in [-0.05, 0) is 0 Å². The minimum Gasteiger partial charge on any atom is -0.394 e. The number of hydrogen-bond donors (Lipinski definition) is 8. The highest BCUT2D eigenvalue weighted by molar-refractivity contribution is 5.73. The second kappa shape index (κ2) is 9.05. The van der Waals surface area contributed by atoms with Crippen LogP contribution in [0.25, 0.3) is 0 Å². The molecule has 0 aromatic heterocycles. The van der Waals surface area contributed by atoms with Crippen LogP contribution < -0.4 is 5.32 Å². The smallest absolute Gasteiger partial charge is 0.217 e. The maximum atomic E-state index is 11.5. The van der Waals surface area contributed by atoms with E-state index in [2.05, 4.69) is 5.32 Å². The number of amides is 1. The van der Waals surface area contributed by atoms with Crippen LogP contribution in [0.4, 0.5) is 0 Å². The van der Waals surface area contributed by atoms with Gasteiger partial charge >= 0.3 is 0 Å². The Morgan fingerprint density at radius 1 is 1.00 bits per heavy atom. The average Bonchev–Trinajstić information content (AvgIpc) is 2.63. The van der Waals surface area contributed by atoms with Crippen molar-refractivity contribution in [3.8, 4) is 0 Å². The Morgan fingerprint density at radius 2 is 1.63 bits per heavy atom. The Bertz CT molecular complexity index is 506. The Morgan fingerprint density at radius 3 is 2.15 bits per heavy atom. The molecule has 2 aliphatic heterocycles. The van der Waals surface area contributed by atoms with Crippen LogP contribution in [-0.2, 0) is 19.0 Å². The van der Waals surface area contributed by atoms with Gasteiger partial charge in [-0.25, -0.2) is 0 Å². The van der Waals surface area contributed by atoms with Crippen molar-refractivity contribution in [3.05, 3.63) is 0 Å². The molecule has 0 saturated carbocycles. The van der Waals surface area contributed by atoms with E-state index >= 15 is 0 Å². The van der Waals surface area contributed by atoms with Crippen molar-refractivity contribution in [2.24, 2.45) is 0 Å². The number of methoxy groups -OCH3 is 1. The summed E-state index contributed by atoms with van der Waals surface area (Å²) in [7, 11) is 1.18. The lowest BCUT2D eigenvalue weighted by atomic mass is 9.85. The van der Waals surface area contributed by atoms with Crippen LogP contribution >= 0.6 is 0 Å². The Kier molecular flexibility index (Phi) is 7.49. The Labute approximate surface area is 154 Å². The molecule has 8 N–H and O–H groups in total. The maximum Gasteiger partial charge on any atom is 0.217 e. The number of nitrogens with one attached hydrogen (secondary N) is 1. The first-order valence-electron chi connectivity index (χ1n) is 8.44. The van der Waals surface area contributed by atoms with Crippen molar-refractivity contribution >= 4 is 5.91 Å². The molecular formula is C15H27NO11. The number of rotatable bonds is 5. The molecule has 0 radical (unpaired) electrons. The molecule has 11 atom stereocenters. The number of aliphatic hydroxyl groups excluding tert-OH is 7. The molecule has 2 fully saturated rings. The van der Waals surface area contributed by atoms with Gasteiger partial charge in [0.15, 0.2) is 6.29 Å². The third-order valence-electron chi connectivity index (χ3n) is 4.85. The molecule has 27 heavy (non-hydrogen) atoms. The van der Waals surface area contributed by atoms with Crippen LogP contribution in [0, 0.1) is 0 Å². The first-order chi connectivity index (χ1) is 12.6. The monoisotopic (exact) mass is 397 g/mol. The number of ether oxygens (including phenoxy) is 3. The molecule has 2 rings (SSSR count). The van der Waals surface area contributed by atoms with Gasteiger partial charge in [-0.2, -0.15) is 0 Å². The Hall–Kier alpha value is -0.930. The highest BCUT2D eigenvalue weighted by Gasteiger charge is 2.53. The van der Waals surface area contributed by atoms with Gasteiger partial charge in [0.05, 0.1) is 12.6 Å². The fraction of sp³-hybridized carbons (Fsp3) is 0.933. The lowest BCUT2D eigenvalue weighted by Crippen LogP contribution is -2.70. The fourth-order valence-corrected chi connectivity index (χ4v) is 3.38. The number of aliphatic hydroxyl groups is 7. The third-order valence-corrected chi connectivity index (χ3v) is 4.85. The summed E-state index contributed by atoms with van der Waals surface area (Å²) < 4.78 is 15.6. The van der Waals surface area contributed by atoms with Crippen LogP contribution in [-0.4, -0.2) is 123 Å². The summed E-state index contributed by atoms with van der Waals surface area (Å²) in [5.41, 5.74) is 0. The molecule has 0 spiro atoms. The molecule has 0 aromatic rings. The molecule has 2 aliphatic rings. The van der Waals surface area contributed by atoms with E-state index < -0.39 is 79.8 Å². The molecule has 2 saturated heterocycles. The van der Waals surface area contributed by atoms with Crippen molar-refractivity contribution < 1.29 is 54.8 Å². The van der Waals surface area contributed by atoms with E-state index in [9.17, 15) is 40.5 Å². The van der Waals surface area contributed by atoms with E-state index in [1.54, 1.807) is 0 Å². The second-order valence-corrected chi connectivity index (χ2v) is 6.70. The fourth-order valence-electron chi connectivity index (χ4n) is 3.38. The topological polar surface area (TPSA) is 198 Å². The summed E-state index contributed by atoms with van der Waals surface area (Å²) >= 11 is 0. The predicted molar refractivity (Wildman–Crippen MR) is 85.1 cm³/mol. The zero-order chi connectivity index (χ0) is 20.5. The van der Waals surface area contributed by atoms with Crippen LogP contribution in [0.2, 0.25) is 0 Å². The van der Waals surface area contributed by atoms with Gasteiger partial charge in [-0.15, -0.1) is 0 Å². The molecular weight excluding hydrogens is 370 g/mol. The number of hydrogen-bond acceptors (Lipinski definition) is 11. The highest BCUT2D eigenvalue weighted by atomic mass is 16.7. The van der Waals surface area contributed by atoms with Gasteiger partial charge in [0.2, 0.25) is 5.91 Å². The SMILES string of the molecule is CO[C@H]1O[C@H](C(O)[C@@H]2O[C@H](CO)[C@@H](O)[C@H](O)[C@@H]2NC(C)=O)[C@H](O)[C@H](O)[C@H]1O. The maximum absolute atomic E-state index is 11.5. The van der Waals surface area contributed by atoms with Crippen LogP contribution in [0.1, 0.15) is 6.92 Å². The average molecular weight is 397 g/mol. The predicted octanol–water partition coefficient (Wildman–Crippen LogP) is -5.21. The summed E-state index contributed by atoms with van der Waals surface area (Å²) in [6.45, 7) is 0.456. The normalized spacial score (nSPS) is 46.7. The molecule has 12 nitrogen and oxygen atoms in total. The van der Waals surface area contributed by atoms with Crippen molar-refractivity contribution in [2.75, 3.05) is 13.7 Å². The first kappa shape index (κ1) is 22.4. The number of carbonyl (C=O) groups is 1. The van der Waals surface area contributed by atoms with Gasteiger partial charge < -0.3 is 55.3 Å². The van der Waals surface area contributed by atoms with E-state index in [0.29, 0.717) is 0 Å². The summed E-state index contributed by atoms with van der Waals surface area (Å²) in [4.78, 5) is 11.5. The van der Waals surface area contributed by atoms with Gasteiger partial charge in [0.25, 0.3) is 0 Å². The lowest BCUT2D eigenvalue weighted by Gasteiger charge is -2.48. The first-order valence-corrected chi connectivity index (χ1v) is 8.44. The zero-order valence-electron chi connectivity index (χ0n) is 14.8.